The molecular weight excluding hydrogens is 376 g/mol. The third-order valence-corrected chi connectivity index (χ3v) is 5.15. The summed E-state index contributed by atoms with van der Waals surface area (Å²) in [4.78, 5) is 17.8. The molecule has 0 bridgehead atoms. The molecule has 30 heavy (non-hydrogen) atoms. The van der Waals surface area contributed by atoms with E-state index in [1.165, 1.54) is 11.9 Å². The summed E-state index contributed by atoms with van der Waals surface area (Å²) in [7, 11) is 2.16. The number of benzene rings is 1. The Morgan fingerprint density at radius 2 is 1.87 bits per heavy atom. The Bertz CT molecular complexity index is 966. The highest BCUT2D eigenvalue weighted by molar-refractivity contribution is 5.84. The summed E-state index contributed by atoms with van der Waals surface area (Å²) in [6.07, 6.45) is 6.44. The Balaban J connectivity index is 1.43. The van der Waals surface area contributed by atoms with E-state index in [1.54, 1.807) is 18.6 Å². The minimum absolute atomic E-state index is 0.488. The average Bonchev–Trinajstić information content (AvgIpc) is 2.80. The van der Waals surface area contributed by atoms with Crippen LogP contribution in [-0.4, -0.2) is 59.3 Å². The van der Waals surface area contributed by atoms with Crippen molar-refractivity contribution in [2.45, 2.75) is 6.54 Å². The maximum Gasteiger partial charge on any atom is 0.229 e. The van der Waals surface area contributed by atoms with E-state index in [4.69, 9.17) is 5.41 Å². The van der Waals surface area contributed by atoms with Crippen LogP contribution in [0.25, 0.3) is 0 Å². The SMILES string of the molecule is CN1CCN(c2ccc(Nc3ncc(C=N)c(NCc4cccnc4)n3)cc2)CC1. The van der Waals surface area contributed by atoms with Crippen molar-refractivity contribution in [1.82, 2.24) is 19.9 Å². The molecule has 0 aliphatic carbocycles. The Hall–Kier alpha value is -3.52. The molecule has 1 aliphatic heterocycles. The van der Waals surface area contributed by atoms with Crippen LogP contribution in [0.3, 0.4) is 0 Å². The lowest BCUT2D eigenvalue weighted by molar-refractivity contribution is 0.313. The standard InChI is InChI=1S/C22H26N8/c1-29-9-11-30(12-10-29)20-6-4-19(5-7-20)27-22-26-16-18(13-23)21(28-22)25-15-17-3-2-8-24-14-17/h2-8,13-14,16,23H,9-12,15H2,1H3,(H2,25,26,27,28). The Morgan fingerprint density at radius 3 is 2.57 bits per heavy atom. The molecule has 8 nitrogen and oxygen atoms in total. The van der Waals surface area contributed by atoms with Crippen molar-refractivity contribution >= 4 is 29.4 Å². The fraction of sp³-hybridized carbons (Fsp3) is 0.273. The van der Waals surface area contributed by atoms with Crippen molar-refractivity contribution < 1.29 is 0 Å². The quantitative estimate of drug-likeness (QED) is 0.523. The number of anilines is 4. The van der Waals surface area contributed by atoms with Gasteiger partial charge in [0.05, 0.1) is 5.56 Å². The highest BCUT2D eigenvalue weighted by Crippen LogP contribution is 2.22. The van der Waals surface area contributed by atoms with Gasteiger partial charge < -0.3 is 25.8 Å². The molecule has 0 saturated carbocycles. The molecule has 0 atom stereocenters. The van der Waals surface area contributed by atoms with E-state index < -0.39 is 0 Å². The number of nitrogens with one attached hydrogen (secondary N) is 3. The third kappa shape index (κ3) is 4.90. The van der Waals surface area contributed by atoms with E-state index in [0.29, 0.717) is 23.9 Å². The summed E-state index contributed by atoms with van der Waals surface area (Å²) in [5.74, 6) is 1.10. The molecule has 1 aliphatic rings. The van der Waals surface area contributed by atoms with Gasteiger partial charge in [-0.1, -0.05) is 6.07 Å². The number of piperazine rings is 1. The molecule has 3 heterocycles. The molecule has 1 fully saturated rings. The van der Waals surface area contributed by atoms with Gasteiger partial charge in [-0.25, -0.2) is 4.98 Å². The lowest BCUT2D eigenvalue weighted by Gasteiger charge is -2.34. The summed E-state index contributed by atoms with van der Waals surface area (Å²) in [6.45, 7) is 4.84. The first kappa shape index (κ1) is 19.8. The topological polar surface area (TPSA) is 93.1 Å². The molecular formula is C22H26N8. The number of rotatable bonds is 7. The molecule has 0 radical (unpaired) electrons. The first-order chi connectivity index (χ1) is 14.7. The molecule has 1 aromatic carbocycles. The highest BCUT2D eigenvalue weighted by Gasteiger charge is 2.14. The van der Waals surface area contributed by atoms with Crippen LogP contribution in [0.5, 0.6) is 0 Å². The van der Waals surface area contributed by atoms with Crippen molar-refractivity contribution in [3.05, 3.63) is 66.1 Å². The minimum atomic E-state index is 0.488. The van der Waals surface area contributed by atoms with E-state index in [9.17, 15) is 0 Å². The van der Waals surface area contributed by atoms with E-state index in [-0.39, 0.29) is 0 Å². The maximum atomic E-state index is 7.61. The zero-order valence-corrected chi connectivity index (χ0v) is 17.0. The zero-order valence-electron chi connectivity index (χ0n) is 17.0. The smallest absolute Gasteiger partial charge is 0.229 e. The van der Waals surface area contributed by atoms with E-state index in [1.807, 2.05) is 24.3 Å². The Labute approximate surface area is 176 Å². The van der Waals surface area contributed by atoms with E-state index in [0.717, 1.165) is 37.4 Å². The monoisotopic (exact) mass is 402 g/mol. The van der Waals surface area contributed by atoms with Crippen LogP contribution in [-0.2, 0) is 6.54 Å². The maximum absolute atomic E-state index is 7.61. The molecule has 8 heteroatoms. The van der Waals surface area contributed by atoms with Gasteiger partial charge in [-0.2, -0.15) is 4.98 Å². The number of nitrogens with zero attached hydrogens (tertiary/aromatic N) is 5. The van der Waals surface area contributed by atoms with Gasteiger partial charge in [-0.05, 0) is 42.9 Å². The van der Waals surface area contributed by atoms with Gasteiger partial charge in [0.1, 0.15) is 5.82 Å². The van der Waals surface area contributed by atoms with Gasteiger partial charge in [0.2, 0.25) is 5.95 Å². The molecule has 1 saturated heterocycles. The summed E-state index contributed by atoms with van der Waals surface area (Å²) < 4.78 is 0. The molecule has 0 spiro atoms. The first-order valence-electron chi connectivity index (χ1n) is 10.0. The molecule has 0 unspecified atom stereocenters. The van der Waals surface area contributed by atoms with Gasteiger partial charge >= 0.3 is 0 Å². The van der Waals surface area contributed by atoms with Crippen LogP contribution >= 0.6 is 0 Å². The first-order valence-corrected chi connectivity index (χ1v) is 10.0. The van der Waals surface area contributed by atoms with Crippen LogP contribution in [0, 0.1) is 5.41 Å². The molecule has 2 aromatic heterocycles. The second-order valence-electron chi connectivity index (χ2n) is 7.32. The van der Waals surface area contributed by atoms with Crippen LogP contribution < -0.4 is 15.5 Å². The van der Waals surface area contributed by atoms with Crippen LogP contribution in [0.1, 0.15) is 11.1 Å². The van der Waals surface area contributed by atoms with Gasteiger partial charge in [0.25, 0.3) is 0 Å². The van der Waals surface area contributed by atoms with E-state index in [2.05, 4.69) is 54.6 Å². The van der Waals surface area contributed by atoms with Crippen molar-refractivity contribution in [2.24, 2.45) is 0 Å². The number of hydrogen-bond donors (Lipinski definition) is 3. The van der Waals surface area contributed by atoms with Crippen molar-refractivity contribution in [3.8, 4) is 0 Å². The second-order valence-corrected chi connectivity index (χ2v) is 7.32. The minimum Gasteiger partial charge on any atom is -0.369 e. The van der Waals surface area contributed by atoms with Gasteiger partial charge in [0.15, 0.2) is 0 Å². The second kappa shape index (κ2) is 9.32. The largest absolute Gasteiger partial charge is 0.369 e. The molecule has 0 amide bonds. The van der Waals surface area contributed by atoms with Crippen LogP contribution in [0.2, 0.25) is 0 Å². The number of aromatic nitrogens is 3. The lowest BCUT2D eigenvalue weighted by atomic mass is 10.2. The van der Waals surface area contributed by atoms with Crippen molar-refractivity contribution in [2.75, 3.05) is 48.8 Å². The Morgan fingerprint density at radius 1 is 1.07 bits per heavy atom. The summed E-state index contributed by atoms with van der Waals surface area (Å²) in [6, 6.07) is 12.2. The fourth-order valence-electron chi connectivity index (χ4n) is 3.34. The van der Waals surface area contributed by atoms with Crippen LogP contribution in [0.15, 0.2) is 55.0 Å². The summed E-state index contributed by atoms with van der Waals surface area (Å²) in [5, 5.41) is 14.1. The molecule has 4 rings (SSSR count). The van der Waals surface area contributed by atoms with E-state index >= 15 is 0 Å². The van der Waals surface area contributed by atoms with Gasteiger partial charge in [0, 0.05) is 68.9 Å². The molecule has 3 aromatic rings. The fourth-order valence-corrected chi connectivity index (χ4v) is 3.34. The lowest BCUT2D eigenvalue weighted by Crippen LogP contribution is -2.44. The van der Waals surface area contributed by atoms with Gasteiger partial charge in [-0.15, -0.1) is 0 Å². The normalized spacial score (nSPS) is 14.4. The average molecular weight is 403 g/mol. The summed E-state index contributed by atoms with van der Waals surface area (Å²) >= 11 is 0. The predicted octanol–water partition coefficient (Wildman–Crippen LogP) is 2.98. The van der Waals surface area contributed by atoms with Crippen molar-refractivity contribution in [1.29, 1.82) is 5.41 Å². The third-order valence-electron chi connectivity index (χ3n) is 5.15. The zero-order chi connectivity index (χ0) is 20.8. The van der Waals surface area contributed by atoms with Gasteiger partial charge in [-0.3, -0.25) is 4.98 Å². The Kier molecular flexibility index (Phi) is 6.14. The number of likely N-dealkylation sites (N-methyl/N-ethyl adjacent to an activating group) is 1. The van der Waals surface area contributed by atoms with Crippen LogP contribution in [0.4, 0.5) is 23.1 Å². The van der Waals surface area contributed by atoms with Crippen molar-refractivity contribution in [3.63, 3.8) is 0 Å². The molecule has 3 N–H and O–H groups in total. The highest BCUT2D eigenvalue weighted by atomic mass is 15.2. The number of hydrogen-bond acceptors (Lipinski definition) is 8. The number of pyridine rings is 1. The molecule has 154 valence electrons. The predicted molar refractivity (Wildman–Crippen MR) is 121 cm³/mol. The summed E-state index contributed by atoms with van der Waals surface area (Å²) in [5.41, 5.74) is 3.83.